The number of aliphatic carboxylic acids is 1. The summed E-state index contributed by atoms with van der Waals surface area (Å²) in [6.45, 7) is -0.208. The molecule has 0 rings (SSSR count). The molecule has 0 heterocycles. The molecular formula is C3H6O3Ti. The minimum atomic E-state index is -0.933. The number of hydrogen-bond acceptors (Lipinski definition) is 2. The first-order chi connectivity index (χ1) is 2.77. The summed E-state index contributed by atoms with van der Waals surface area (Å²) in [5.41, 5.74) is 0. The molecule has 0 bridgehead atoms. The van der Waals surface area contributed by atoms with Crippen LogP contribution < -0.4 is 0 Å². The number of hydrogen-bond donors (Lipinski definition) is 1. The van der Waals surface area contributed by atoms with Crippen molar-refractivity contribution in [2.75, 3.05) is 13.7 Å². The smallest absolute Gasteiger partial charge is 0.329 e. The Morgan fingerprint density at radius 2 is 2.29 bits per heavy atom. The van der Waals surface area contributed by atoms with Gasteiger partial charge in [0.15, 0.2) is 0 Å². The summed E-state index contributed by atoms with van der Waals surface area (Å²) < 4.78 is 4.20. The molecule has 0 saturated carbocycles. The summed E-state index contributed by atoms with van der Waals surface area (Å²) in [6.07, 6.45) is 0. The van der Waals surface area contributed by atoms with Gasteiger partial charge in [-0.2, -0.15) is 0 Å². The van der Waals surface area contributed by atoms with Crippen LogP contribution in [0.4, 0.5) is 0 Å². The van der Waals surface area contributed by atoms with Crippen LogP contribution >= 0.6 is 0 Å². The number of carboxylic acids is 1. The van der Waals surface area contributed by atoms with E-state index in [2.05, 4.69) is 4.74 Å². The average Bonchev–Trinajstić information content (AvgIpc) is 1.35. The molecule has 0 fully saturated rings. The van der Waals surface area contributed by atoms with Crippen LogP contribution in [0.2, 0.25) is 0 Å². The van der Waals surface area contributed by atoms with Gasteiger partial charge in [0.25, 0.3) is 0 Å². The van der Waals surface area contributed by atoms with Crippen LogP contribution in [0.5, 0.6) is 0 Å². The summed E-state index contributed by atoms with van der Waals surface area (Å²) >= 11 is 0. The molecule has 0 spiro atoms. The maximum absolute atomic E-state index is 9.47. The second-order valence-electron chi connectivity index (χ2n) is 0.827. The van der Waals surface area contributed by atoms with Gasteiger partial charge in [-0.3, -0.25) is 0 Å². The maximum atomic E-state index is 9.47. The molecule has 0 aliphatic rings. The van der Waals surface area contributed by atoms with Crippen molar-refractivity contribution in [3.63, 3.8) is 0 Å². The van der Waals surface area contributed by atoms with E-state index in [4.69, 9.17) is 5.11 Å². The first-order valence-electron chi connectivity index (χ1n) is 1.48. The van der Waals surface area contributed by atoms with Crippen LogP contribution in [0.1, 0.15) is 0 Å². The molecule has 40 valence electrons. The van der Waals surface area contributed by atoms with E-state index in [1.54, 1.807) is 0 Å². The van der Waals surface area contributed by atoms with E-state index < -0.39 is 5.97 Å². The summed E-state index contributed by atoms with van der Waals surface area (Å²) in [5.74, 6) is -0.933. The monoisotopic (exact) mass is 138 g/mol. The van der Waals surface area contributed by atoms with Crippen LogP contribution in [0.25, 0.3) is 0 Å². The van der Waals surface area contributed by atoms with Gasteiger partial charge in [0, 0.05) is 28.8 Å². The Morgan fingerprint density at radius 1 is 1.86 bits per heavy atom. The van der Waals surface area contributed by atoms with Crippen molar-refractivity contribution in [3.05, 3.63) is 0 Å². The largest absolute Gasteiger partial charge is 0.480 e. The average molecular weight is 138 g/mol. The number of methoxy groups -OCH3 is 1. The van der Waals surface area contributed by atoms with Crippen molar-refractivity contribution in [2.45, 2.75) is 0 Å². The fourth-order valence-electron chi connectivity index (χ4n) is 0.123. The third-order valence-electron chi connectivity index (χ3n) is 0.268. The van der Waals surface area contributed by atoms with Crippen molar-refractivity contribution in [2.24, 2.45) is 0 Å². The van der Waals surface area contributed by atoms with Crippen LogP contribution in [0.3, 0.4) is 0 Å². The zero-order valence-electron chi connectivity index (χ0n) is 3.97. The van der Waals surface area contributed by atoms with Gasteiger partial charge in [-0.15, -0.1) is 0 Å². The molecule has 0 aromatic heterocycles. The molecule has 0 atom stereocenters. The van der Waals surface area contributed by atoms with E-state index in [0.717, 1.165) is 0 Å². The van der Waals surface area contributed by atoms with Crippen LogP contribution in [0.15, 0.2) is 0 Å². The first-order valence-corrected chi connectivity index (χ1v) is 1.48. The Morgan fingerprint density at radius 3 is 2.29 bits per heavy atom. The number of ether oxygens (including phenoxy) is 1. The minimum Gasteiger partial charge on any atom is -0.480 e. The van der Waals surface area contributed by atoms with E-state index in [9.17, 15) is 4.79 Å². The molecule has 0 amide bonds. The van der Waals surface area contributed by atoms with E-state index in [1.165, 1.54) is 7.11 Å². The van der Waals surface area contributed by atoms with Gasteiger partial charge in [-0.05, 0) is 0 Å². The summed E-state index contributed by atoms with van der Waals surface area (Å²) in [5, 5.41) is 7.79. The summed E-state index contributed by atoms with van der Waals surface area (Å²) in [6, 6.07) is 0. The van der Waals surface area contributed by atoms with E-state index >= 15 is 0 Å². The third kappa shape index (κ3) is 10.7. The minimum absolute atomic E-state index is 0. The van der Waals surface area contributed by atoms with Gasteiger partial charge in [0.05, 0.1) is 0 Å². The van der Waals surface area contributed by atoms with Gasteiger partial charge in [-0.1, -0.05) is 0 Å². The number of carbonyl (C=O) groups is 1. The first kappa shape index (κ1) is 10.2. The van der Waals surface area contributed by atoms with Crippen molar-refractivity contribution in [3.8, 4) is 0 Å². The Balaban J connectivity index is 0. The Bertz CT molecular complexity index is 54.1. The molecule has 0 aromatic rings. The van der Waals surface area contributed by atoms with Crippen molar-refractivity contribution >= 4 is 5.97 Å². The van der Waals surface area contributed by atoms with Gasteiger partial charge >= 0.3 is 5.97 Å². The summed E-state index contributed by atoms with van der Waals surface area (Å²) in [4.78, 5) is 9.47. The Hall–Kier alpha value is 0.144. The standard InChI is InChI=1S/C3H6O3.Ti/c1-6-2-3(4)5;/h2H2,1H3,(H,4,5);. The predicted molar refractivity (Wildman–Crippen MR) is 19.5 cm³/mol. The second kappa shape index (κ2) is 6.14. The molecule has 4 heteroatoms. The number of carboxylic acid groups (broad SMARTS) is 1. The van der Waals surface area contributed by atoms with Crippen LogP contribution in [-0.4, -0.2) is 24.8 Å². The molecule has 0 unspecified atom stereocenters. The quantitative estimate of drug-likeness (QED) is 0.533. The van der Waals surface area contributed by atoms with E-state index in [1.807, 2.05) is 0 Å². The SMILES string of the molecule is COCC(=O)O.[Ti]. The fraction of sp³-hybridized carbons (Fsp3) is 0.667. The van der Waals surface area contributed by atoms with Crippen LogP contribution in [-0.2, 0) is 31.2 Å². The molecule has 3 nitrogen and oxygen atoms in total. The topological polar surface area (TPSA) is 46.5 Å². The molecule has 0 aromatic carbocycles. The predicted octanol–water partition coefficient (Wildman–Crippen LogP) is -0.285. The molecule has 7 heavy (non-hydrogen) atoms. The fourth-order valence-corrected chi connectivity index (χ4v) is 0.123. The van der Waals surface area contributed by atoms with Crippen molar-refractivity contribution in [1.29, 1.82) is 0 Å². The zero-order chi connectivity index (χ0) is 4.99. The molecule has 1 N–H and O–H groups in total. The van der Waals surface area contributed by atoms with Crippen molar-refractivity contribution in [1.82, 2.24) is 0 Å². The van der Waals surface area contributed by atoms with Gasteiger partial charge < -0.3 is 9.84 Å². The normalized spacial score (nSPS) is 7.00. The van der Waals surface area contributed by atoms with Gasteiger partial charge in [0.1, 0.15) is 6.61 Å². The van der Waals surface area contributed by atoms with Crippen LogP contribution in [0, 0.1) is 0 Å². The maximum Gasteiger partial charge on any atom is 0.329 e. The Kier molecular flexibility index (Phi) is 8.95. The molecule has 0 radical (unpaired) electrons. The molecule has 0 aliphatic heterocycles. The molecule has 0 saturated heterocycles. The second-order valence-corrected chi connectivity index (χ2v) is 0.827. The van der Waals surface area contributed by atoms with E-state index in [0.29, 0.717) is 0 Å². The van der Waals surface area contributed by atoms with Gasteiger partial charge in [0.2, 0.25) is 0 Å². The zero-order valence-corrected chi connectivity index (χ0v) is 5.53. The van der Waals surface area contributed by atoms with E-state index in [-0.39, 0.29) is 28.3 Å². The number of rotatable bonds is 2. The molecule has 0 aliphatic carbocycles. The summed E-state index contributed by atoms with van der Waals surface area (Å²) in [7, 11) is 1.34. The van der Waals surface area contributed by atoms with Crippen molar-refractivity contribution < 1.29 is 36.4 Å². The third-order valence-corrected chi connectivity index (χ3v) is 0.268. The Labute approximate surface area is 56.5 Å². The molecular weight excluding hydrogens is 132 g/mol. The van der Waals surface area contributed by atoms with Gasteiger partial charge in [-0.25, -0.2) is 4.79 Å².